The molecule has 0 amide bonds. The SMILES string of the molecule is C[SiH2]O.N[C@@H](CC(=O)O)C(=O)O.O=C(O)[C@H]1NCCC1O. The predicted molar refractivity (Wildman–Crippen MR) is 74.5 cm³/mol. The van der Waals surface area contributed by atoms with Crippen LogP contribution in [0, 0.1) is 0 Å². The molecule has 1 heterocycles. The number of aliphatic hydroxyl groups excluding tert-OH is 1. The molecule has 0 saturated carbocycles. The fourth-order valence-corrected chi connectivity index (χ4v) is 1.22. The van der Waals surface area contributed by atoms with Crippen LogP contribution in [0.4, 0.5) is 0 Å². The fourth-order valence-electron chi connectivity index (χ4n) is 1.22. The molecule has 1 rings (SSSR count). The Morgan fingerprint density at radius 2 is 1.81 bits per heavy atom. The molecular weight excluding hydrogens is 304 g/mol. The highest BCUT2D eigenvalue weighted by Gasteiger charge is 2.30. The van der Waals surface area contributed by atoms with Crippen LogP contribution in [0.15, 0.2) is 0 Å². The summed E-state index contributed by atoms with van der Waals surface area (Å²) in [5.74, 6) is -3.47. The monoisotopic (exact) mass is 326 g/mol. The Morgan fingerprint density at radius 1 is 1.33 bits per heavy atom. The Labute approximate surface area is 123 Å². The van der Waals surface area contributed by atoms with Crippen molar-refractivity contribution in [1.82, 2.24) is 5.32 Å². The molecule has 0 spiro atoms. The van der Waals surface area contributed by atoms with E-state index in [4.69, 9.17) is 31.0 Å². The van der Waals surface area contributed by atoms with Crippen molar-refractivity contribution in [2.24, 2.45) is 5.73 Å². The number of aliphatic carboxylic acids is 3. The first kappa shape index (κ1) is 21.8. The summed E-state index contributed by atoms with van der Waals surface area (Å²) in [5.41, 5.74) is 4.84. The lowest BCUT2D eigenvalue weighted by molar-refractivity contribution is -0.144. The first-order valence-electron chi connectivity index (χ1n) is 6.12. The van der Waals surface area contributed by atoms with Crippen LogP contribution in [0.5, 0.6) is 0 Å². The third-order valence-corrected chi connectivity index (χ3v) is 2.17. The van der Waals surface area contributed by atoms with E-state index >= 15 is 0 Å². The van der Waals surface area contributed by atoms with Gasteiger partial charge in [0.1, 0.15) is 12.1 Å². The topological polar surface area (TPSA) is 190 Å². The van der Waals surface area contributed by atoms with Crippen LogP contribution >= 0.6 is 0 Å². The van der Waals surface area contributed by atoms with Gasteiger partial charge in [-0.15, -0.1) is 0 Å². The number of nitrogens with two attached hydrogens (primary N) is 1. The van der Waals surface area contributed by atoms with Crippen molar-refractivity contribution in [3.63, 3.8) is 0 Å². The molecule has 1 unspecified atom stereocenters. The highest BCUT2D eigenvalue weighted by atomic mass is 28.2. The summed E-state index contributed by atoms with van der Waals surface area (Å²) in [7, 11) is -0.583. The third kappa shape index (κ3) is 12.0. The minimum atomic E-state index is -1.29. The molecule has 1 aliphatic rings. The van der Waals surface area contributed by atoms with Gasteiger partial charge in [0.25, 0.3) is 0 Å². The highest BCUT2D eigenvalue weighted by molar-refractivity contribution is 6.22. The second-order valence-electron chi connectivity index (χ2n) is 3.98. The van der Waals surface area contributed by atoms with E-state index in [1.807, 2.05) is 6.55 Å². The maximum absolute atomic E-state index is 10.2. The second kappa shape index (κ2) is 12.2. The van der Waals surface area contributed by atoms with Crippen LogP contribution in [-0.2, 0) is 14.4 Å². The zero-order valence-electron chi connectivity index (χ0n) is 11.6. The molecule has 0 aliphatic carbocycles. The number of nitrogens with one attached hydrogen (secondary N) is 1. The number of hydrogen-bond acceptors (Lipinski definition) is 7. The zero-order valence-corrected chi connectivity index (χ0v) is 13.0. The molecule has 0 aromatic carbocycles. The van der Waals surface area contributed by atoms with Crippen molar-refractivity contribution >= 4 is 27.7 Å². The van der Waals surface area contributed by atoms with Gasteiger partial charge in [0.05, 0.1) is 12.5 Å². The maximum atomic E-state index is 10.2. The summed E-state index contributed by atoms with van der Waals surface area (Å²) in [4.78, 5) is 37.5. The first-order valence-corrected chi connectivity index (χ1v) is 8.17. The molecule has 3 atom stereocenters. The largest absolute Gasteiger partial charge is 0.481 e. The molecule has 8 N–H and O–H groups in total. The van der Waals surface area contributed by atoms with Gasteiger partial charge in [-0.3, -0.25) is 14.4 Å². The zero-order chi connectivity index (χ0) is 17.0. The van der Waals surface area contributed by atoms with E-state index in [0.717, 1.165) is 0 Å². The van der Waals surface area contributed by atoms with E-state index in [1.165, 1.54) is 0 Å². The summed E-state index contributed by atoms with van der Waals surface area (Å²) >= 11 is 0. The molecule has 1 fully saturated rings. The quantitative estimate of drug-likeness (QED) is 0.258. The molecule has 1 saturated heterocycles. The summed E-state index contributed by atoms with van der Waals surface area (Å²) in [6.07, 6.45) is -0.700. The normalized spacial score (nSPS) is 21.7. The minimum Gasteiger partial charge on any atom is -0.481 e. The van der Waals surface area contributed by atoms with E-state index in [2.05, 4.69) is 5.32 Å². The second-order valence-corrected chi connectivity index (χ2v) is 4.62. The molecule has 21 heavy (non-hydrogen) atoms. The molecule has 0 radical (unpaired) electrons. The fraction of sp³-hybridized carbons (Fsp3) is 0.700. The number of carboxylic acid groups (broad SMARTS) is 3. The number of carboxylic acids is 3. The number of carbonyl (C=O) groups is 3. The smallest absolute Gasteiger partial charge is 0.323 e. The Morgan fingerprint density at radius 3 is 1.95 bits per heavy atom. The number of hydrogen-bond donors (Lipinski definition) is 7. The summed E-state index contributed by atoms with van der Waals surface area (Å²) in [6.45, 7) is 2.41. The molecular formula is C10H22N2O8Si. The van der Waals surface area contributed by atoms with E-state index in [1.54, 1.807) is 0 Å². The van der Waals surface area contributed by atoms with E-state index in [9.17, 15) is 14.4 Å². The van der Waals surface area contributed by atoms with Crippen molar-refractivity contribution in [3.05, 3.63) is 0 Å². The summed E-state index contributed by atoms with van der Waals surface area (Å²) < 4.78 is 0. The van der Waals surface area contributed by atoms with Gasteiger partial charge < -0.3 is 36.3 Å². The molecule has 11 heteroatoms. The van der Waals surface area contributed by atoms with Crippen molar-refractivity contribution in [2.45, 2.75) is 37.6 Å². The highest BCUT2D eigenvalue weighted by Crippen LogP contribution is 2.05. The summed E-state index contributed by atoms with van der Waals surface area (Å²) in [6, 6.07) is -2.03. The van der Waals surface area contributed by atoms with Crippen LogP contribution in [0.25, 0.3) is 0 Å². The van der Waals surface area contributed by atoms with Gasteiger partial charge in [-0.2, -0.15) is 0 Å². The van der Waals surface area contributed by atoms with E-state index in [-0.39, 0.29) is 0 Å². The Kier molecular flexibility index (Phi) is 12.7. The molecule has 0 aromatic rings. The Bertz CT molecular complexity index is 341. The van der Waals surface area contributed by atoms with Gasteiger partial charge in [-0.05, 0) is 13.0 Å². The van der Waals surface area contributed by atoms with Gasteiger partial charge in [0.2, 0.25) is 0 Å². The van der Waals surface area contributed by atoms with Crippen molar-refractivity contribution < 1.29 is 39.6 Å². The van der Waals surface area contributed by atoms with Crippen LogP contribution in [-0.4, -0.2) is 77.6 Å². The van der Waals surface area contributed by atoms with Crippen molar-refractivity contribution in [1.29, 1.82) is 0 Å². The lowest BCUT2D eigenvalue weighted by Gasteiger charge is -2.06. The Hall–Kier alpha value is -1.53. The minimum absolute atomic E-state index is 0.532. The average Bonchev–Trinajstić information content (AvgIpc) is 2.76. The number of rotatable bonds is 4. The molecule has 124 valence electrons. The average molecular weight is 326 g/mol. The summed E-state index contributed by atoms with van der Waals surface area (Å²) in [5, 5.41) is 36.0. The van der Waals surface area contributed by atoms with Gasteiger partial charge in [0, 0.05) is 0 Å². The molecule has 1 aliphatic heterocycles. The van der Waals surface area contributed by atoms with Crippen LogP contribution in [0.2, 0.25) is 6.55 Å². The standard InChI is InChI=1S/C5H9NO3.C4H7NO4.CH6OSi/c7-3-1-2-6-4(3)5(8)9;5-2(4(8)9)1-3(6)7;1-3-2/h3-4,6-7H,1-2H2,(H,8,9);2H,1,5H2,(H,6,7)(H,8,9);2H,3H2,1H3/t3?,4-;2-;/m00./s1. The molecule has 10 nitrogen and oxygen atoms in total. The van der Waals surface area contributed by atoms with E-state index < -0.39 is 52.3 Å². The predicted octanol–water partition coefficient (Wildman–Crippen LogP) is -3.22. The first-order chi connectivity index (χ1) is 9.67. The van der Waals surface area contributed by atoms with Crippen LogP contribution in [0.1, 0.15) is 12.8 Å². The van der Waals surface area contributed by atoms with Crippen molar-refractivity contribution in [3.8, 4) is 0 Å². The van der Waals surface area contributed by atoms with Crippen LogP contribution < -0.4 is 11.1 Å². The van der Waals surface area contributed by atoms with Crippen LogP contribution in [0.3, 0.4) is 0 Å². The third-order valence-electron chi connectivity index (χ3n) is 2.17. The van der Waals surface area contributed by atoms with Gasteiger partial charge in [0.15, 0.2) is 9.76 Å². The van der Waals surface area contributed by atoms with Crippen molar-refractivity contribution in [2.75, 3.05) is 6.54 Å². The lowest BCUT2D eigenvalue weighted by Crippen LogP contribution is -2.38. The maximum Gasteiger partial charge on any atom is 0.323 e. The lowest BCUT2D eigenvalue weighted by atomic mass is 10.2. The van der Waals surface area contributed by atoms with Gasteiger partial charge >= 0.3 is 17.9 Å². The van der Waals surface area contributed by atoms with E-state index in [0.29, 0.717) is 13.0 Å². The van der Waals surface area contributed by atoms with Gasteiger partial charge in [-0.1, -0.05) is 6.55 Å². The molecule has 0 bridgehead atoms. The Balaban J connectivity index is 0. The number of aliphatic hydroxyl groups is 1. The molecule has 0 aromatic heterocycles. The van der Waals surface area contributed by atoms with Gasteiger partial charge in [-0.25, -0.2) is 0 Å².